The Labute approximate surface area is 477 Å². The van der Waals surface area contributed by atoms with Gasteiger partial charge in [0.15, 0.2) is 6.10 Å². The minimum absolute atomic E-state index is 0.0912. The van der Waals surface area contributed by atoms with Gasteiger partial charge < -0.3 is 14.2 Å². The number of carbonyl (C=O) groups is 3. The average molecular weight is 1070 g/mol. The van der Waals surface area contributed by atoms with Crippen molar-refractivity contribution < 1.29 is 28.6 Å². The van der Waals surface area contributed by atoms with Gasteiger partial charge in [-0.1, -0.05) is 298 Å². The Morgan fingerprint density at radius 1 is 0.273 bits per heavy atom. The molecule has 0 aromatic rings. The molecule has 0 saturated carbocycles. The lowest BCUT2D eigenvalue weighted by molar-refractivity contribution is -0.167. The van der Waals surface area contributed by atoms with Crippen molar-refractivity contribution in [3.8, 4) is 0 Å². The molecule has 0 amide bonds. The normalized spacial score (nSPS) is 12.7. The molecule has 0 radical (unpaired) electrons. The minimum atomic E-state index is -0.795. The van der Waals surface area contributed by atoms with Crippen molar-refractivity contribution in [3.05, 3.63) is 97.2 Å². The summed E-state index contributed by atoms with van der Waals surface area (Å²) in [6.07, 6.45) is 87.1. The van der Waals surface area contributed by atoms with Gasteiger partial charge >= 0.3 is 17.9 Å². The number of esters is 3. The maximum absolute atomic E-state index is 12.9. The van der Waals surface area contributed by atoms with Crippen molar-refractivity contribution in [1.82, 2.24) is 0 Å². The quantitative estimate of drug-likeness (QED) is 0.0261. The number of unbranched alkanes of at least 4 members (excludes halogenated alkanes) is 32. The van der Waals surface area contributed by atoms with E-state index in [1.807, 2.05) is 0 Å². The number of carbonyl (C=O) groups excluding carboxylic acids is 3. The Balaban J connectivity index is 4.34. The third kappa shape index (κ3) is 63.0. The number of hydrogen-bond acceptors (Lipinski definition) is 6. The van der Waals surface area contributed by atoms with Crippen LogP contribution in [0, 0.1) is 0 Å². The first-order chi connectivity index (χ1) is 38.0. The van der Waals surface area contributed by atoms with Gasteiger partial charge in [0.25, 0.3) is 0 Å². The molecular formula is C71H122O6. The molecule has 1 unspecified atom stereocenters. The van der Waals surface area contributed by atoms with Gasteiger partial charge in [0, 0.05) is 19.3 Å². The Bertz CT molecular complexity index is 1510. The molecule has 0 aromatic carbocycles. The highest BCUT2D eigenvalue weighted by Gasteiger charge is 2.19. The van der Waals surface area contributed by atoms with E-state index in [4.69, 9.17) is 14.2 Å². The second-order valence-electron chi connectivity index (χ2n) is 21.6. The van der Waals surface area contributed by atoms with E-state index >= 15 is 0 Å². The molecule has 0 spiro atoms. The topological polar surface area (TPSA) is 78.9 Å². The van der Waals surface area contributed by atoms with E-state index in [9.17, 15) is 14.4 Å². The van der Waals surface area contributed by atoms with Crippen LogP contribution in [0.25, 0.3) is 0 Å². The van der Waals surface area contributed by atoms with E-state index in [-0.39, 0.29) is 31.1 Å². The van der Waals surface area contributed by atoms with Crippen LogP contribution in [0.1, 0.15) is 316 Å². The largest absolute Gasteiger partial charge is 0.462 e. The molecular weight excluding hydrogens is 949 g/mol. The van der Waals surface area contributed by atoms with E-state index in [1.165, 1.54) is 154 Å². The molecule has 0 aromatic heterocycles. The lowest BCUT2D eigenvalue weighted by Gasteiger charge is -2.18. The first kappa shape index (κ1) is 73.3. The summed E-state index contributed by atoms with van der Waals surface area (Å²) in [5, 5.41) is 0. The standard InChI is InChI=1S/C71H122O6/c1-4-7-10-13-16-19-22-25-27-29-31-33-35-37-39-41-43-46-49-52-55-58-61-64-70(73)76-67-68(66-75-69(72)63-60-57-54-51-48-45-24-21-18-15-12-9-6-3)77-71(74)65-62-59-56-53-50-47-44-42-40-38-36-34-32-30-28-26-23-20-17-14-11-8-5-2/h7,9-10,12,16,18-19,21,25,27,31,33,37,39,45,48,68H,4-6,8,11,13-15,17,20,22-24,26,28-30,32,34-36,38,40-44,46-47,49-67H2,1-3H3/b10-7-,12-9-,19-16-,21-18-,27-25-,33-31-,39-37-,48-45-. The highest BCUT2D eigenvalue weighted by Crippen LogP contribution is 2.17. The molecule has 0 fully saturated rings. The molecule has 0 heterocycles. The first-order valence-corrected chi connectivity index (χ1v) is 32.7. The van der Waals surface area contributed by atoms with Crippen molar-refractivity contribution in [1.29, 1.82) is 0 Å². The van der Waals surface area contributed by atoms with Crippen molar-refractivity contribution in [3.63, 3.8) is 0 Å². The van der Waals surface area contributed by atoms with Crippen LogP contribution in [-0.4, -0.2) is 37.2 Å². The molecule has 0 aliphatic heterocycles. The molecule has 6 heteroatoms. The smallest absolute Gasteiger partial charge is 0.306 e. The molecule has 77 heavy (non-hydrogen) atoms. The highest BCUT2D eigenvalue weighted by atomic mass is 16.6. The molecule has 0 bridgehead atoms. The monoisotopic (exact) mass is 1070 g/mol. The van der Waals surface area contributed by atoms with Crippen LogP contribution in [0.15, 0.2) is 97.2 Å². The Morgan fingerprint density at radius 3 is 0.805 bits per heavy atom. The lowest BCUT2D eigenvalue weighted by atomic mass is 10.0. The Morgan fingerprint density at radius 2 is 0.506 bits per heavy atom. The molecule has 6 nitrogen and oxygen atoms in total. The summed E-state index contributed by atoms with van der Waals surface area (Å²) in [7, 11) is 0. The van der Waals surface area contributed by atoms with E-state index in [1.54, 1.807) is 0 Å². The van der Waals surface area contributed by atoms with Crippen molar-refractivity contribution in [2.75, 3.05) is 13.2 Å². The van der Waals surface area contributed by atoms with Gasteiger partial charge in [0.2, 0.25) is 0 Å². The van der Waals surface area contributed by atoms with Crippen molar-refractivity contribution >= 4 is 17.9 Å². The average Bonchev–Trinajstić information content (AvgIpc) is 3.43. The van der Waals surface area contributed by atoms with Gasteiger partial charge in [-0.2, -0.15) is 0 Å². The maximum Gasteiger partial charge on any atom is 0.306 e. The maximum atomic E-state index is 12.9. The van der Waals surface area contributed by atoms with Crippen molar-refractivity contribution in [2.24, 2.45) is 0 Å². The third-order valence-electron chi connectivity index (χ3n) is 14.1. The van der Waals surface area contributed by atoms with Gasteiger partial charge in [0.1, 0.15) is 13.2 Å². The SMILES string of the molecule is CC/C=C\C/C=C\C/C=C\C/C=C\C/C=C\CCCCCCCCCC(=O)OCC(COC(=O)CCCCC/C=C\C/C=C\C/C=C\CC)OC(=O)CCCCCCCCCCCCCCCCCCCCCCCCC. The number of hydrogen-bond donors (Lipinski definition) is 0. The van der Waals surface area contributed by atoms with E-state index in [0.29, 0.717) is 19.3 Å². The zero-order valence-corrected chi connectivity index (χ0v) is 50.7. The predicted octanol–water partition coefficient (Wildman–Crippen LogP) is 22.4. The van der Waals surface area contributed by atoms with Crippen LogP contribution in [0.2, 0.25) is 0 Å². The number of ether oxygens (including phenoxy) is 3. The van der Waals surface area contributed by atoms with Gasteiger partial charge in [-0.15, -0.1) is 0 Å². The molecule has 0 rings (SSSR count). The molecule has 0 aliphatic carbocycles. The summed E-state index contributed by atoms with van der Waals surface area (Å²) in [6, 6.07) is 0. The first-order valence-electron chi connectivity index (χ1n) is 32.7. The van der Waals surface area contributed by atoms with Crippen molar-refractivity contribution in [2.45, 2.75) is 322 Å². The number of rotatable bonds is 59. The Hall–Kier alpha value is -3.67. The summed E-state index contributed by atoms with van der Waals surface area (Å²) in [4.78, 5) is 38.3. The molecule has 0 N–H and O–H groups in total. The second-order valence-corrected chi connectivity index (χ2v) is 21.6. The second kappa shape index (κ2) is 64.9. The van der Waals surface area contributed by atoms with E-state index in [2.05, 4.69) is 118 Å². The zero-order valence-electron chi connectivity index (χ0n) is 50.7. The van der Waals surface area contributed by atoms with Gasteiger partial charge in [-0.25, -0.2) is 0 Å². The fraction of sp³-hybridized carbons (Fsp3) is 0.732. The molecule has 1 atom stereocenters. The van der Waals surface area contributed by atoms with Crippen LogP contribution in [0.3, 0.4) is 0 Å². The summed E-state index contributed by atoms with van der Waals surface area (Å²) in [5.41, 5.74) is 0. The zero-order chi connectivity index (χ0) is 55.7. The van der Waals surface area contributed by atoms with Gasteiger partial charge in [-0.3, -0.25) is 14.4 Å². The molecule has 442 valence electrons. The van der Waals surface area contributed by atoms with Crippen LogP contribution >= 0.6 is 0 Å². The van der Waals surface area contributed by atoms with E-state index in [0.717, 1.165) is 122 Å². The summed E-state index contributed by atoms with van der Waals surface area (Å²) < 4.78 is 16.9. The minimum Gasteiger partial charge on any atom is -0.462 e. The number of allylic oxidation sites excluding steroid dienone is 16. The highest BCUT2D eigenvalue weighted by molar-refractivity contribution is 5.71. The van der Waals surface area contributed by atoms with Crippen LogP contribution in [0.5, 0.6) is 0 Å². The van der Waals surface area contributed by atoms with Gasteiger partial charge in [-0.05, 0) is 96.3 Å². The summed E-state index contributed by atoms with van der Waals surface area (Å²) in [6.45, 7) is 6.41. The van der Waals surface area contributed by atoms with E-state index < -0.39 is 6.10 Å². The third-order valence-corrected chi connectivity index (χ3v) is 14.1. The fourth-order valence-electron chi connectivity index (χ4n) is 9.25. The summed E-state index contributed by atoms with van der Waals surface area (Å²) >= 11 is 0. The fourth-order valence-corrected chi connectivity index (χ4v) is 9.25. The Kier molecular flexibility index (Phi) is 61.8. The lowest BCUT2D eigenvalue weighted by Crippen LogP contribution is -2.30. The predicted molar refractivity (Wildman–Crippen MR) is 334 cm³/mol. The van der Waals surface area contributed by atoms with Crippen LogP contribution in [0.4, 0.5) is 0 Å². The van der Waals surface area contributed by atoms with Crippen LogP contribution in [-0.2, 0) is 28.6 Å². The van der Waals surface area contributed by atoms with Gasteiger partial charge in [0.05, 0.1) is 0 Å². The molecule has 0 saturated heterocycles. The molecule has 0 aliphatic rings. The summed E-state index contributed by atoms with van der Waals surface area (Å²) in [5.74, 6) is -0.919. The van der Waals surface area contributed by atoms with Crippen LogP contribution < -0.4 is 0 Å².